The lowest BCUT2D eigenvalue weighted by molar-refractivity contribution is -0.137. The van der Waals surface area contributed by atoms with Crippen LogP contribution in [0.2, 0.25) is 0 Å². The maximum Gasteiger partial charge on any atom is 0.416 e. The molecule has 1 saturated heterocycles. The largest absolute Gasteiger partial charge is 0.488 e. The van der Waals surface area contributed by atoms with Crippen LogP contribution >= 0.6 is 0 Å². The number of pyridine rings is 1. The fourth-order valence-electron chi connectivity index (χ4n) is 4.18. The van der Waals surface area contributed by atoms with E-state index in [-0.39, 0.29) is 30.0 Å². The lowest BCUT2D eigenvalue weighted by Crippen LogP contribution is -2.24. The van der Waals surface area contributed by atoms with Crippen molar-refractivity contribution in [3.8, 4) is 5.75 Å². The Kier molecular flexibility index (Phi) is 5.87. The summed E-state index contributed by atoms with van der Waals surface area (Å²) in [7, 11) is 0. The summed E-state index contributed by atoms with van der Waals surface area (Å²) >= 11 is 0. The number of carbonyl (C=O) groups excluding carboxylic acids is 1. The van der Waals surface area contributed by atoms with Crippen LogP contribution in [0.4, 0.5) is 24.5 Å². The standard InChI is InChI=1S/C25H22F3N3O3/c26-25(27,28)18-10-19(12-21(11-18)34-20-6-9-33-15-20)31-14-17-2-1-3-22(23(17)24(31)32)30-13-16-4-7-29-8-5-16/h1-5,7-8,10-12,20,30H,6,9,13-15H2. The number of carbonyl (C=O) groups is 1. The number of benzene rings is 2. The third-order valence-electron chi connectivity index (χ3n) is 5.89. The molecule has 9 heteroatoms. The molecule has 3 aromatic rings. The first-order valence-corrected chi connectivity index (χ1v) is 10.9. The van der Waals surface area contributed by atoms with Crippen LogP contribution in [-0.4, -0.2) is 30.2 Å². The van der Waals surface area contributed by atoms with Crippen molar-refractivity contribution in [2.24, 2.45) is 0 Å². The Morgan fingerprint density at radius 2 is 1.97 bits per heavy atom. The fraction of sp³-hybridized carbons (Fsp3) is 0.280. The summed E-state index contributed by atoms with van der Waals surface area (Å²) < 4.78 is 51.9. The van der Waals surface area contributed by atoms with Gasteiger partial charge in [0.25, 0.3) is 5.91 Å². The van der Waals surface area contributed by atoms with Crippen LogP contribution in [0.15, 0.2) is 60.9 Å². The topological polar surface area (TPSA) is 63.7 Å². The number of alkyl halides is 3. The minimum Gasteiger partial charge on any atom is -0.488 e. The van der Waals surface area contributed by atoms with Gasteiger partial charge in [-0.1, -0.05) is 12.1 Å². The molecule has 176 valence electrons. The molecule has 1 fully saturated rings. The summed E-state index contributed by atoms with van der Waals surface area (Å²) in [5.41, 5.74) is 2.11. The van der Waals surface area contributed by atoms with Gasteiger partial charge in [0.05, 0.1) is 30.9 Å². The first-order chi connectivity index (χ1) is 16.4. The number of amides is 1. The Morgan fingerprint density at radius 3 is 2.71 bits per heavy atom. The van der Waals surface area contributed by atoms with Gasteiger partial charge in [-0.3, -0.25) is 9.78 Å². The highest BCUT2D eigenvalue weighted by atomic mass is 19.4. The van der Waals surface area contributed by atoms with Gasteiger partial charge in [-0.05, 0) is 41.5 Å². The second-order valence-corrected chi connectivity index (χ2v) is 8.26. The highest BCUT2D eigenvalue weighted by molar-refractivity contribution is 6.13. The molecule has 6 nitrogen and oxygen atoms in total. The van der Waals surface area contributed by atoms with Crippen molar-refractivity contribution >= 4 is 17.3 Å². The molecule has 1 atom stereocenters. The lowest BCUT2D eigenvalue weighted by atomic mass is 10.1. The van der Waals surface area contributed by atoms with Crippen molar-refractivity contribution in [1.29, 1.82) is 0 Å². The number of fused-ring (bicyclic) bond motifs is 1. The fourth-order valence-corrected chi connectivity index (χ4v) is 4.18. The first-order valence-electron chi connectivity index (χ1n) is 10.9. The molecule has 1 amide bonds. The minimum absolute atomic E-state index is 0.0696. The molecule has 1 N–H and O–H groups in total. The molecule has 2 aliphatic rings. The summed E-state index contributed by atoms with van der Waals surface area (Å²) in [4.78, 5) is 18.7. The molecule has 5 rings (SSSR count). The number of ether oxygens (including phenoxy) is 2. The Morgan fingerprint density at radius 1 is 1.15 bits per heavy atom. The maximum absolute atomic E-state index is 13.6. The summed E-state index contributed by atoms with van der Waals surface area (Å²) in [5, 5.41) is 3.27. The van der Waals surface area contributed by atoms with Gasteiger partial charge in [0.1, 0.15) is 11.9 Å². The van der Waals surface area contributed by atoms with E-state index >= 15 is 0 Å². The average Bonchev–Trinajstić information content (AvgIpc) is 3.45. The van der Waals surface area contributed by atoms with Crippen LogP contribution in [0.1, 0.15) is 33.5 Å². The van der Waals surface area contributed by atoms with E-state index in [1.807, 2.05) is 24.3 Å². The molecule has 1 aromatic heterocycles. The van der Waals surface area contributed by atoms with Gasteiger partial charge in [0, 0.05) is 42.8 Å². The van der Waals surface area contributed by atoms with Gasteiger partial charge in [0.2, 0.25) is 0 Å². The predicted octanol–water partition coefficient (Wildman–Crippen LogP) is 5.04. The van der Waals surface area contributed by atoms with Crippen LogP contribution < -0.4 is 15.0 Å². The molecule has 34 heavy (non-hydrogen) atoms. The SMILES string of the molecule is O=C1c2c(cccc2NCc2ccncc2)CN1c1cc(OC2CCOC2)cc(C(F)(F)F)c1. The second-order valence-electron chi connectivity index (χ2n) is 8.26. The molecule has 0 spiro atoms. The number of rotatable bonds is 6. The number of hydrogen-bond donors (Lipinski definition) is 1. The number of nitrogens with one attached hydrogen (secondary N) is 1. The predicted molar refractivity (Wildman–Crippen MR) is 120 cm³/mol. The summed E-state index contributed by atoms with van der Waals surface area (Å²) in [6, 6.07) is 12.6. The molecule has 0 radical (unpaired) electrons. The maximum atomic E-state index is 13.6. The monoisotopic (exact) mass is 469 g/mol. The van der Waals surface area contributed by atoms with Gasteiger partial charge in [0.15, 0.2) is 0 Å². The Hall–Kier alpha value is -3.59. The molecule has 2 aliphatic heterocycles. The van der Waals surface area contributed by atoms with Crippen LogP contribution in [0.5, 0.6) is 5.75 Å². The van der Waals surface area contributed by atoms with Gasteiger partial charge >= 0.3 is 6.18 Å². The molecular weight excluding hydrogens is 447 g/mol. The normalized spacial score (nSPS) is 17.7. The second kappa shape index (κ2) is 8.98. The van der Waals surface area contributed by atoms with Crippen molar-refractivity contribution < 1.29 is 27.4 Å². The molecule has 3 heterocycles. The number of halogens is 3. The third-order valence-corrected chi connectivity index (χ3v) is 5.89. The minimum atomic E-state index is -4.58. The van der Waals surface area contributed by atoms with E-state index in [9.17, 15) is 18.0 Å². The average molecular weight is 469 g/mol. The Balaban J connectivity index is 1.43. The quantitative estimate of drug-likeness (QED) is 0.548. The van der Waals surface area contributed by atoms with Crippen molar-refractivity contribution in [3.05, 3.63) is 83.2 Å². The van der Waals surface area contributed by atoms with E-state index < -0.39 is 11.7 Å². The van der Waals surface area contributed by atoms with Crippen LogP contribution in [-0.2, 0) is 24.0 Å². The van der Waals surface area contributed by atoms with E-state index in [4.69, 9.17) is 9.47 Å². The number of hydrogen-bond acceptors (Lipinski definition) is 5. The van der Waals surface area contributed by atoms with Crippen molar-refractivity contribution in [1.82, 2.24) is 4.98 Å². The number of nitrogens with zero attached hydrogens (tertiary/aromatic N) is 2. The Bertz CT molecular complexity index is 1200. The van der Waals surface area contributed by atoms with Crippen LogP contribution in [0.25, 0.3) is 0 Å². The Labute approximate surface area is 194 Å². The van der Waals surface area contributed by atoms with Crippen molar-refractivity contribution in [2.75, 3.05) is 23.4 Å². The van der Waals surface area contributed by atoms with Crippen molar-refractivity contribution in [2.45, 2.75) is 31.8 Å². The van der Waals surface area contributed by atoms with Crippen LogP contribution in [0.3, 0.4) is 0 Å². The van der Waals surface area contributed by atoms with E-state index in [2.05, 4.69) is 10.3 Å². The van der Waals surface area contributed by atoms with Gasteiger partial charge in [-0.15, -0.1) is 0 Å². The van der Waals surface area contributed by atoms with E-state index in [1.165, 1.54) is 11.0 Å². The smallest absolute Gasteiger partial charge is 0.416 e. The first kappa shape index (κ1) is 22.2. The number of anilines is 2. The zero-order chi connectivity index (χ0) is 23.7. The molecule has 0 saturated carbocycles. The lowest BCUT2D eigenvalue weighted by Gasteiger charge is -2.21. The molecule has 0 aliphatic carbocycles. The van der Waals surface area contributed by atoms with Gasteiger partial charge in [-0.25, -0.2) is 0 Å². The van der Waals surface area contributed by atoms with E-state index in [1.54, 1.807) is 18.5 Å². The summed E-state index contributed by atoms with van der Waals surface area (Å²) in [5.74, 6) is -0.289. The zero-order valence-corrected chi connectivity index (χ0v) is 18.1. The summed E-state index contributed by atoms with van der Waals surface area (Å²) in [6.07, 6.45) is -0.916. The number of aromatic nitrogens is 1. The highest BCUT2D eigenvalue weighted by Crippen LogP contribution is 2.39. The molecule has 0 bridgehead atoms. The van der Waals surface area contributed by atoms with E-state index in [0.29, 0.717) is 37.4 Å². The van der Waals surface area contributed by atoms with Gasteiger partial charge in [-0.2, -0.15) is 13.2 Å². The summed E-state index contributed by atoms with van der Waals surface area (Å²) in [6.45, 7) is 1.49. The molecule has 1 unspecified atom stereocenters. The zero-order valence-electron chi connectivity index (χ0n) is 18.1. The van der Waals surface area contributed by atoms with Gasteiger partial charge < -0.3 is 19.7 Å². The van der Waals surface area contributed by atoms with Crippen LogP contribution in [0, 0.1) is 0 Å². The highest BCUT2D eigenvalue weighted by Gasteiger charge is 2.35. The molecular formula is C25H22F3N3O3. The van der Waals surface area contributed by atoms with E-state index in [0.717, 1.165) is 23.3 Å². The third kappa shape index (κ3) is 4.56. The molecule has 2 aromatic carbocycles. The van der Waals surface area contributed by atoms with Crippen molar-refractivity contribution in [3.63, 3.8) is 0 Å².